The number of carbonyl (C=O) groups is 3. The number of urea groups is 1. The molecule has 1 saturated heterocycles. The normalized spacial score (nSPS) is 19.2. The molecular formula is C24H22FN5O3. The standard InChI is InChI=1S/C24H22FN5O3/c1-15-26-10-11-29(15)20-7-6-16(12-19(20)25)13-27-21(31)14-30-22(32)24(28-23(30)33)9-8-17-4-2-3-5-18(17)24/h2-7,10-12H,8-9,13-14H2,1H3,(H,27,31)(H,28,33). The molecule has 4 amide bonds. The van der Waals surface area contributed by atoms with E-state index in [0.717, 1.165) is 16.0 Å². The van der Waals surface area contributed by atoms with Crippen molar-refractivity contribution in [2.75, 3.05) is 6.54 Å². The van der Waals surface area contributed by atoms with E-state index in [1.807, 2.05) is 24.3 Å². The van der Waals surface area contributed by atoms with Gasteiger partial charge in [-0.15, -0.1) is 0 Å². The molecule has 0 saturated carbocycles. The van der Waals surface area contributed by atoms with E-state index in [9.17, 15) is 18.8 Å². The summed E-state index contributed by atoms with van der Waals surface area (Å²) in [6.07, 6.45) is 4.41. The van der Waals surface area contributed by atoms with Crippen LogP contribution in [0.3, 0.4) is 0 Å². The summed E-state index contributed by atoms with van der Waals surface area (Å²) in [4.78, 5) is 43.2. The fourth-order valence-corrected chi connectivity index (χ4v) is 4.62. The second kappa shape index (κ2) is 7.84. The van der Waals surface area contributed by atoms with Crippen LogP contribution in [0.25, 0.3) is 5.69 Å². The molecule has 2 aromatic carbocycles. The Kier molecular flexibility index (Phi) is 4.96. The number of halogens is 1. The smallest absolute Gasteiger partial charge is 0.325 e. The number of aromatic nitrogens is 2. The number of aryl methyl sites for hydroxylation is 2. The maximum absolute atomic E-state index is 14.6. The summed E-state index contributed by atoms with van der Waals surface area (Å²) in [7, 11) is 0. The highest BCUT2D eigenvalue weighted by atomic mass is 19.1. The zero-order valence-electron chi connectivity index (χ0n) is 18.0. The fourth-order valence-electron chi connectivity index (χ4n) is 4.62. The van der Waals surface area contributed by atoms with Crippen molar-refractivity contribution < 1.29 is 18.8 Å². The van der Waals surface area contributed by atoms with Gasteiger partial charge in [-0.1, -0.05) is 30.3 Å². The topological polar surface area (TPSA) is 96.3 Å². The van der Waals surface area contributed by atoms with Crippen molar-refractivity contribution in [2.45, 2.75) is 31.8 Å². The number of hydrogen-bond donors (Lipinski definition) is 2. The molecule has 1 aliphatic heterocycles. The highest BCUT2D eigenvalue weighted by Gasteiger charge is 2.55. The zero-order valence-corrected chi connectivity index (χ0v) is 18.0. The molecule has 5 rings (SSSR count). The Balaban J connectivity index is 1.24. The molecular weight excluding hydrogens is 425 g/mol. The SMILES string of the molecule is Cc1nccn1-c1ccc(CNC(=O)CN2C(=O)NC3(CCc4ccccc43)C2=O)cc1F. The maximum atomic E-state index is 14.6. The molecule has 1 aromatic heterocycles. The summed E-state index contributed by atoms with van der Waals surface area (Å²) < 4.78 is 16.2. The van der Waals surface area contributed by atoms with E-state index in [-0.39, 0.29) is 6.54 Å². The molecule has 0 radical (unpaired) electrons. The average molecular weight is 447 g/mol. The van der Waals surface area contributed by atoms with Gasteiger partial charge in [0.1, 0.15) is 23.7 Å². The third-order valence-electron chi connectivity index (χ3n) is 6.31. The summed E-state index contributed by atoms with van der Waals surface area (Å²) >= 11 is 0. The molecule has 1 aliphatic carbocycles. The van der Waals surface area contributed by atoms with Gasteiger partial charge >= 0.3 is 6.03 Å². The quantitative estimate of drug-likeness (QED) is 0.587. The van der Waals surface area contributed by atoms with Crippen molar-refractivity contribution in [3.8, 4) is 5.69 Å². The van der Waals surface area contributed by atoms with Crippen molar-refractivity contribution in [3.63, 3.8) is 0 Å². The lowest BCUT2D eigenvalue weighted by Crippen LogP contribution is -2.43. The number of imidazole rings is 1. The van der Waals surface area contributed by atoms with Gasteiger partial charge in [0.15, 0.2) is 0 Å². The number of nitrogens with one attached hydrogen (secondary N) is 2. The van der Waals surface area contributed by atoms with Crippen LogP contribution in [0.5, 0.6) is 0 Å². The molecule has 1 unspecified atom stereocenters. The van der Waals surface area contributed by atoms with Gasteiger partial charge in [0.25, 0.3) is 5.91 Å². The zero-order chi connectivity index (χ0) is 23.2. The third-order valence-corrected chi connectivity index (χ3v) is 6.31. The van der Waals surface area contributed by atoms with Gasteiger partial charge in [0.2, 0.25) is 5.91 Å². The Labute approximate surface area is 189 Å². The molecule has 1 atom stereocenters. The lowest BCUT2D eigenvalue weighted by atomic mass is 9.92. The first-order chi connectivity index (χ1) is 15.9. The van der Waals surface area contributed by atoms with E-state index >= 15 is 0 Å². The van der Waals surface area contributed by atoms with Crippen molar-refractivity contribution in [2.24, 2.45) is 0 Å². The predicted octanol–water partition coefficient (Wildman–Crippen LogP) is 2.33. The third kappa shape index (κ3) is 3.45. The summed E-state index contributed by atoms with van der Waals surface area (Å²) in [5, 5.41) is 5.46. The molecule has 2 aliphatic rings. The van der Waals surface area contributed by atoms with Crippen LogP contribution in [0.4, 0.5) is 9.18 Å². The predicted molar refractivity (Wildman–Crippen MR) is 117 cm³/mol. The van der Waals surface area contributed by atoms with Crippen LogP contribution in [0, 0.1) is 12.7 Å². The van der Waals surface area contributed by atoms with E-state index in [0.29, 0.717) is 29.9 Å². The van der Waals surface area contributed by atoms with Crippen LogP contribution in [0.1, 0.15) is 28.9 Å². The maximum Gasteiger partial charge on any atom is 0.325 e. The average Bonchev–Trinajstić information content (AvgIpc) is 3.46. The van der Waals surface area contributed by atoms with Crippen LogP contribution in [-0.2, 0) is 28.1 Å². The Bertz CT molecular complexity index is 1290. The molecule has 1 spiro atoms. The van der Waals surface area contributed by atoms with Gasteiger partial charge in [0.05, 0.1) is 5.69 Å². The van der Waals surface area contributed by atoms with Crippen molar-refractivity contribution in [1.82, 2.24) is 25.1 Å². The Morgan fingerprint density at radius 3 is 2.82 bits per heavy atom. The van der Waals surface area contributed by atoms with Gasteiger partial charge < -0.3 is 15.2 Å². The highest BCUT2D eigenvalue weighted by molar-refractivity contribution is 6.09. The summed E-state index contributed by atoms with van der Waals surface area (Å²) in [5.74, 6) is -0.708. The first kappa shape index (κ1) is 20.9. The molecule has 1 fully saturated rings. The summed E-state index contributed by atoms with van der Waals surface area (Å²) in [5.41, 5.74) is 1.63. The Hall–Kier alpha value is -4.01. The molecule has 9 heteroatoms. The molecule has 168 valence electrons. The summed E-state index contributed by atoms with van der Waals surface area (Å²) in [6.45, 7) is 1.44. The first-order valence-electron chi connectivity index (χ1n) is 10.7. The number of benzene rings is 2. The van der Waals surface area contributed by atoms with Crippen LogP contribution in [0.2, 0.25) is 0 Å². The van der Waals surface area contributed by atoms with Gasteiger partial charge in [0, 0.05) is 18.9 Å². The largest absolute Gasteiger partial charge is 0.350 e. The number of rotatable bonds is 5. The number of fused-ring (bicyclic) bond motifs is 2. The number of imide groups is 1. The highest BCUT2D eigenvalue weighted by Crippen LogP contribution is 2.41. The van der Waals surface area contributed by atoms with Crippen molar-refractivity contribution >= 4 is 17.8 Å². The number of carbonyl (C=O) groups excluding carboxylic acids is 3. The lowest BCUT2D eigenvalue weighted by molar-refractivity contribution is -0.135. The Morgan fingerprint density at radius 1 is 1.24 bits per heavy atom. The van der Waals surface area contributed by atoms with E-state index in [4.69, 9.17) is 0 Å². The number of nitrogens with zero attached hydrogens (tertiary/aromatic N) is 3. The van der Waals surface area contributed by atoms with Crippen LogP contribution in [0.15, 0.2) is 54.9 Å². The van der Waals surface area contributed by atoms with Gasteiger partial charge in [-0.05, 0) is 48.6 Å². The number of amides is 4. The minimum Gasteiger partial charge on any atom is -0.350 e. The fraction of sp³-hybridized carbons (Fsp3) is 0.250. The van der Waals surface area contributed by atoms with E-state index in [2.05, 4.69) is 15.6 Å². The molecule has 8 nitrogen and oxygen atoms in total. The molecule has 3 aromatic rings. The monoisotopic (exact) mass is 447 g/mol. The van der Waals surface area contributed by atoms with Crippen molar-refractivity contribution in [1.29, 1.82) is 0 Å². The minimum absolute atomic E-state index is 0.0660. The molecule has 2 heterocycles. The van der Waals surface area contributed by atoms with E-state index < -0.39 is 35.7 Å². The minimum atomic E-state index is -1.10. The lowest BCUT2D eigenvalue weighted by Gasteiger charge is -2.22. The second-order valence-corrected chi connectivity index (χ2v) is 8.29. The molecule has 2 N–H and O–H groups in total. The number of hydrogen-bond acceptors (Lipinski definition) is 4. The van der Waals surface area contributed by atoms with E-state index in [1.165, 1.54) is 6.07 Å². The Morgan fingerprint density at radius 2 is 2.06 bits per heavy atom. The molecule has 33 heavy (non-hydrogen) atoms. The van der Waals surface area contributed by atoms with Gasteiger partial charge in [-0.3, -0.25) is 14.5 Å². The van der Waals surface area contributed by atoms with E-state index in [1.54, 1.807) is 36.0 Å². The van der Waals surface area contributed by atoms with Crippen molar-refractivity contribution in [3.05, 3.63) is 83.2 Å². The molecule has 0 bridgehead atoms. The van der Waals surface area contributed by atoms with Gasteiger partial charge in [-0.2, -0.15) is 0 Å². The second-order valence-electron chi connectivity index (χ2n) is 8.29. The van der Waals surface area contributed by atoms with Crippen LogP contribution < -0.4 is 10.6 Å². The first-order valence-corrected chi connectivity index (χ1v) is 10.7. The van der Waals surface area contributed by atoms with Crippen LogP contribution in [-0.4, -0.2) is 38.8 Å². The van der Waals surface area contributed by atoms with Gasteiger partial charge in [-0.25, -0.2) is 14.2 Å². The summed E-state index contributed by atoms with van der Waals surface area (Å²) in [6, 6.07) is 11.6. The van der Waals surface area contributed by atoms with Crippen LogP contribution >= 0.6 is 0 Å².